The summed E-state index contributed by atoms with van der Waals surface area (Å²) in [7, 11) is 0. The molecule has 0 saturated heterocycles. The van der Waals surface area contributed by atoms with Gasteiger partial charge in [0.1, 0.15) is 5.69 Å². The quantitative estimate of drug-likeness (QED) is 0.717. The molecular formula is C22H27N3O. The van der Waals surface area contributed by atoms with E-state index in [1.54, 1.807) is 17.8 Å². The molecule has 0 atom stereocenters. The molecule has 2 aromatic rings. The number of nitrogens with one attached hydrogen (secondary N) is 2. The van der Waals surface area contributed by atoms with E-state index in [1.807, 2.05) is 37.3 Å². The fourth-order valence-corrected chi connectivity index (χ4v) is 3.21. The summed E-state index contributed by atoms with van der Waals surface area (Å²) in [5.74, 6) is -0.146. The van der Waals surface area contributed by atoms with Gasteiger partial charge in [0, 0.05) is 13.1 Å². The van der Waals surface area contributed by atoms with E-state index in [1.165, 1.54) is 31.2 Å². The van der Waals surface area contributed by atoms with Crippen LogP contribution in [0.25, 0.3) is 0 Å². The van der Waals surface area contributed by atoms with Crippen LogP contribution in [0.2, 0.25) is 0 Å². The Balaban J connectivity index is 1.46. The van der Waals surface area contributed by atoms with Gasteiger partial charge in [0.05, 0.1) is 11.9 Å². The third-order valence-electron chi connectivity index (χ3n) is 4.86. The number of aryl methyl sites for hydroxylation is 1. The summed E-state index contributed by atoms with van der Waals surface area (Å²) in [6.45, 7) is 3.47. The topological polar surface area (TPSA) is 54.0 Å². The molecule has 0 saturated carbocycles. The van der Waals surface area contributed by atoms with Crippen LogP contribution in [0.1, 0.15) is 53.7 Å². The lowest BCUT2D eigenvalue weighted by Crippen LogP contribution is -2.24. The SMILES string of the molecule is Cc1ccccc1CNC(=O)c1ccc(NCCC2=CCCCC2)cn1. The molecule has 1 aliphatic rings. The van der Waals surface area contributed by atoms with Gasteiger partial charge in [0.2, 0.25) is 0 Å². The number of anilines is 1. The Kier molecular flexibility index (Phi) is 6.42. The van der Waals surface area contributed by atoms with E-state index >= 15 is 0 Å². The fraction of sp³-hybridized carbons (Fsp3) is 0.364. The number of aromatic nitrogens is 1. The van der Waals surface area contributed by atoms with Crippen molar-refractivity contribution >= 4 is 11.6 Å². The van der Waals surface area contributed by atoms with Crippen molar-refractivity contribution in [1.29, 1.82) is 0 Å². The normalized spacial score (nSPS) is 13.8. The van der Waals surface area contributed by atoms with Crippen LogP contribution in [0.15, 0.2) is 54.2 Å². The molecule has 0 spiro atoms. The van der Waals surface area contributed by atoms with Crippen LogP contribution in [0.4, 0.5) is 5.69 Å². The smallest absolute Gasteiger partial charge is 0.270 e. The van der Waals surface area contributed by atoms with Gasteiger partial charge in [0.15, 0.2) is 0 Å². The number of hydrogen-bond donors (Lipinski definition) is 2. The van der Waals surface area contributed by atoms with Crippen molar-refractivity contribution in [3.05, 3.63) is 71.1 Å². The minimum atomic E-state index is -0.146. The van der Waals surface area contributed by atoms with Gasteiger partial charge in [-0.3, -0.25) is 4.79 Å². The molecule has 1 heterocycles. The summed E-state index contributed by atoms with van der Waals surface area (Å²) >= 11 is 0. The van der Waals surface area contributed by atoms with Crippen molar-refractivity contribution in [2.45, 2.75) is 45.6 Å². The number of rotatable bonds is 7. The van der Waals surface area contributed by atoms with Crippen LogP contribution in [-0.4, -0.2) is 17.4 Å². The first kappa shape index (κ1) is 18.2. The standard InChI is InChI=1S/C22H27N3O/c1-17-7-5-6-10-19(17)15-25-22(26)21-12-11-20(16-24-21)23-14-13-18-8-3-2-4-9-18/h5-8,10-12,16,23H,2-4,9,13-15H2,1H3,(H,25,26). The van der Waals surface area contributed by atoms with Gasteiger partial charge >= 0.3 is 0 Å². The second-order valence-electron chi connectivity index (χ2n) is 6.83. The summed E-state index contributed by atoms with van der Waals surface area (Å²) in [6.07, 6.45) is 10.3. The van der Waals surface area contributed by atoms with Crippen molar-refractivity contribution in [3.8, 4) is 0 Å². The average molecular weight is 349 g/mol. The number of benzene rings is 1. The molecule has 0 bridgehead atoms. The van der Waals surface area contributed by atoms with Gasteiger partial charge in [-0.15, -0.1) is 0 Å². The second-order valence-corrected chi connectivity index (χ2v) is 6.83. The van der Waals surface area contributed by atoms with Gasteiger partial charge in [-0.1, -0.05) is 35.9 Å². The van der Waals surface area contributed by atoms with E-state index in [9.17, 15) is 4.79 Å². The van der Waals surface area contributed by atoms with Gasteiger partial charge in [-0.25, -0.2) is 4.98 Å². The molecule has 136 valence electrons. The molecule has 1 amide bonds. The Morgan fingerprint density at radius 2 is 2.04 bits per heavy atom. The lowest BCUT2D eigenvalue weighted by atomic mass is 9.97. The van der Waals surface area contributed by atoms with Crippen molar-refractivity contribution < 1.29 is 4.79 Å². The van der Waals surface area contributed by atoms with Crippen LogP contribution in [-0.2, 0) is 6.54 Å². The van der Waals surface area contributed by atoms with Crippen molar-refractivity contribution in [2.75, 3.05) is 11.9 Å². The predicted octanol–water partition coefficient (Wildman–Crippen LogP) is 4.62. The lowest BCUT2D eigenvalue weighted by molar-refractivity contribution is 0.0946. The van der Waals surface area contributed by atoms with Crippen molar-refractivity contribution in [2.24, 2.45) is 0 Å². The molecule has 26 heavy (non-hydrogen) atoms. The number of hydrogen-bond acceptors (Lipinski definition) is 3. The zero-order valence-electron chi connectivity index (χ0n) is 15.4. The first-order chi connectivity index (χ1) is 12.7. The Bertz CT molecular complexity index is 765. The van der Waals surface area contributed by atoms with E-state index in [2.05, 4.69) is 21.7 Å². The van der Waals surface area contributed by atoms with Gasteiger partial charge in [0.25, 0.3) is 5.91 Å². The van der Waals surface area contributed by atoms with E-state index in [0.717, 1.165) is 24.2 Å². The molecular weight excluding hydrogens is 322 g/mol. The minimum Gasteiger partial charge on any atom is -0.383 e. The van der Waals surface area contributed by atoms with E-state index < -0.39 is 0 Å². The number of pyridine rings is 1. The van der Waals surface area contributed by atoms with Crippen LogP contribution >= 0.6 is 0 Å². The molecule has 4 nitrogen and oxygen atoms in total. The Labute approximate surface area is 155 Å². The predicted molar refractivity (Wildman–Crippen MR) is 106 cm³/mol. The Morgan fingerprint density at radius 1 is 1.15 bits per heavy atom. The van der Waals surface area contributed by atoms with Crippen LogP contribution < -0.4 is 10.6 Å². The molecule has 2 N–H and O–H groups in total. The molecule has 1 aliphatic carbocycles. The summed E-state index contributed by atoms with van der Waals surface area (Å²) in [5, 5.41) is 6.32. The van der Waals surface area contributed by atoms with Crippen LogP contribution in [0.5, 0.6) is 0 Å². The largest absolute Gasteiger partial charge is 0.383 e. The molecule has 1 aromatic heterocycles. The molecule has 3 rings (SSSR count). The maximum atomic E-state index is 12.3. The van der Waals surface area contributed by atoms with Gasteiger partial charge in [-0.05, 0) is 62.3 Å². The maximum Gasteiger partial charge on any atom is 0.270 e. The third kappa shape index (κ3) is 5.19. The number of amides is 1. The van der Waals surface area contributed by atoms with Gasteiger partial charge < -0.3 is 10.6 Å². The molecule has 0 radical (unpaired) electrons. The molecule has 0 unspecified atom stereocenters. The van der Waals surface area contributed by atoms with E-state index in [-0.39, 0.29) is 5.91 Å². The molecule has 4 heteroatoms. The highest BCUT2D eigenvalue weighted by Crippen LogP contribution is 2.20. The summed E-state index contributed by atoms with van der Waals surface area (Å²) in [5.41, 5.74) is 5.25. The Hall–Kier alpha value is -2.62. The maximum absolute atomic E-state index is 12.3. The van der Waals surface area contributed by atoms with E-state index in [0.29, 0.717) is 12.2 Å². The third-order valence-corrected chi connectivity index (χ3v) is 4.86. The summed E-state index contributed by atoms with van der Waals surface area (Å²) in [6, 6.07) is 11.7. The first-order valence-corrected chi connectivity index (χ1v) is 9.43. The zero-order valence-corrected chi connectivity index (χ0v) is 15.4. The number of carbonyl (C=O) groups excluding carboxylic acids is 1. The number of nitrogens with zero attached hydrogens (tertiary/aromatic N) is 1. The van der Waals surface area contributed by atoms with Crippen LogP contribution in [0, 0.1) is 6.92 Å². The van der Waals surface area contributed by atoms with E-state index in [4.69, 9.17) is 0 Å². The number of allylic oxidation sites excluding steroid dienone is 1. The average Bonchev–Trinajstić information content (AvgIpc) is 2.68. The number of carbonyl (C=O) groups is 1. The highest BCUT2D eigenvalue weighted by atomic mass is 16.1. The summed E-state index contributed by atoms with van der Waals surface area (Å²) < 4.78 is 0. The minimum absolute atomic E-state index is 0.146. The molecule has 0 aliphatic heterocycles. The molecule has 0 fully saturated rings. The van der Waals surface area contributed by atoms with Crippen molar-refractivity contribution in [3.63, 3.8) is 0 Å². The first-order valence-electron chi connectivity index (χ1n) is 9.43. The zero-order chi connectivity index (χ0) is 18.2. The fourth-order valence-electron chi connectivity index (χ4n) is 3.21. The second kappa shape index (κ2) is 9.18. The Morgan fingerprint density at radius 3 is 2.77 bits per heavy atom. The van der Waals surface area contributed by atoms with Crippen molar-refractivity contribution in [1.82, 2.24) is 10.3 Å². The highest BCUT2D eigenvalue weighted by molar-refractivity contribution is 5.92. The van der Waals surface area contributed by atoms with Gasteiger partial charge in [-0.2, -0.15) is 0 Å². The highest BCUT2D eigenvalue weighted by Gasteiger charge is 2.08. The lowest BCUT2D eigenvalue weighted by Gasteiger charge is -2.13. The molecule has 1 aromatic carbocycles. The summed E-state index contributed by atoms with van der Waals surface area (Å²) in [4.78, 5) is 16.5. The van der Waals surface area contributed by atoms with Crippen LogP contribution in [0.3, 0.4) is 0 Å². The monoisotopic (exact) mass is 349 g/mol.